The van der Waals surface area contributed by atoms with Crippen molar-refractivity contribution in [2.45, 2.75) is 38.2 Å². The van der Waals surface area contributed by atoms with Gasteiger partial charge in [0.2, 0.25) is 0 Å². The lowest BCUT2D eigenvalue weighted by molar-refractivity contribution is 0.0456. The highest BCUT2D eigenvalue weighted by atomic mass is 16.3. The highest BCUT2D eigenvalue weighted by Crippen LogP contribution is 2.57. The molecule has 0 spiro atoms. The Balaban J connectivity index is 2.08. The van der Waals surface area contributed by atoms with Gasteiger partial charge >= 0.3 is 0 Å². The molecule has 3 nitrogen and oxygen atoms in total. The molecule has 0 heterocycles. The van der Waals surface area contributed by atoms with Crippen LogP contribution in [0.3, 0.4) is 0 Å². The van der Waals surface area contributed by atoms with Gasteiger partial charge in [0.1, 0.15) is 0 Å². The van der Waals surface area contributed by atoms with E-state index in [1.165, 1.54) is 6.42 Å². The van der Waals surface area contributed by atoms with E-state index in [4.69, 9.17) is 5.11 Å². The maximum Gasteiger partial charge on any atom is 0.0786 e. The minimum absolute atomic E-state index is 0.221. The van der Waals surface area contributed by atoms with Crippen LogP contribution in [0.25, 0.3) is 0 Å². The SMILES string of the molecule is N#CC1(CC(O)CO)CC2CCC1C2. The van der Waals surface area contributed by atoms with Crippen LogP contribution in [0.5, 0.6) is 0 Å². The Morgan fingerprint density at radius 1 is 1.50 bits per heavy atom. The first-order valence-corrected chi connectivity index (χ1v) is 5.40. The first-order valence-electron chi connectivity index (χ1n) is 5.40. The average molecular weight is 195 g/mol. The Morgan fingerprint density at radius 3 is 2.71 bits per heavy atom. The number of rotatable bonds is 3. The number of fused-ring (bicyclic) bond motifs is 2. The molecule has 78 valence electrons. The molecule has 2 rings (SSSR count). The van der Waals surface area contributed by atoms with Crippen LogP contribution < -0.4 is 0 Å². The van der Waals surface area contributed by atoms with Crippen LogP contribution in [0, 0.1) is 28.6 Å². The number of hydrogen-bond acceptors (Lipinski definition) is 3. The van der Waals surface area contributed by atoms with E-state index >= 15 is 0 Å². The van der Waals surface area contributed by atoms with Crippen molar-refractivity contribution in [1.29, 1.82) is 5.26 Å². The first kappa shape index (κ1) is 9.95. The van der Waals surface area contributed by atoms with Crippen LogP contribution in [0.2, 0.25) is 0 Å². The lowest BCUT2D eigenvalue weighted by Crippen LogP contribution is -2.32. The average Bonchev–Trinajstić information content (AvgIpc) is 2.77. The molecule has 0 saturated heterocycles. The van der Waals surface area contributed by atoms with E-state index in [2.05, 4.69) is 6.07 Å². The van der Waals surface area contributed by atoms with Gasteiger partial charge in [0.15, 0.2) is 0 Å². The summed E-state index contributed by atoms with van der Waals surface area (Å²) in [5.74, 6) is 1.17. The fraction of sp³-hybridized carbons (Fsp3) is 0.909. The molecule has 0 aromatic rings. The molecule has 3 heteroatoms. The molecular weight excluding hydrogens is 178 g/mol. The summed E-state index contributed by atoms with van der Waals surface area (Å²) in [4.78, 5) is 0. The lowest BCUT2D eigenvalue weighted by Gasteiger charge is -2.32. The third kappa shape index (κ3) is 1.43. The molecule has 2 N–H and O–H groups in total. The molecule has 0 radical (unpaired) electrons. The molecule has 0 aromatic carbocycles. The van der Waals surface area contributed by atoms with E-state index in [1.54, 1.807) is 0 Å². The van der Waals surface area contributed by atoms with Crippen LogP contribution in [-0.2, 0) is 0 Å². The largest absolute Gasteiger partial charge is 0.394 e. The summed E-state index contributed by atoms with van der Waals surface area (Å²) in [6, 6.07) is 2.40. The van der Waals surface area contributed by atoms with Crippen molar-refractivity contribution in [2.24, 2.45) is 17.3 Å². The second kappa shape index (κ2) is 3.52. The molecule has 4 atom stereocenters. The smallest absolute Gasteiger partial charge is 0.0786 e. The zero-order valence-corrected chi connectivity index (χ0v) is 8.32. The molecule has 2 aliphatic rings. The van der Waals surface area contributed by atoms with Crippen molar-refractivity contribution >= 4 is 0 Å². The summed E-state index contributed by atoms with van der Waals surface area (Å²) in [6.07, 6.45) is 4.23. The summed E-state index contributed by atoms with van der Waals surface area (Å²) in [5, 5.41) is 27.5. The van der Waals surface area contributed by atoms with Crippen molar-refractivity contribution in [2.75, 3.05) is 6.61 Å². The second-order valence-electron chi connectivity index (χ2n) is 4.89. The second-order valence-corrected chi connectivity index (χ2v) is 4.89. The van der Waals surface area contributed by atoms with Crippen molar-refractivity contribution in [3.05, 3.63) is 0 Å². The molecular formula is C11H17NO2. The van der Waals surface area contributed by atoms with E-state index in [0.29, 0.717) is 18.3 Å². The lowest BCUT2D eigenvalue weighted by atomic mass is 9.71. The van der Waals surface area contributed by atoms with Crippen molar-refractivity contribution in [3.8, 4) is 6.07 Å². The third-order valence-electron chi connectivity index (χ3n) is 4.01. The van der Waals surface area contributed by atoms with Crippen LogP contribution in [0.4, 0.5) is 0 Å². The topological polar surface area (TPSA) is 64.2 Å². The van der Waals surface area contributed by atoms with Crippen molar-refractivity contribution < 1.29 is 10.2 Å². The molecule has 0 aromatic heterocycles. The van der Waals surface area contributed by atoms with Gasteiger partial charge in [0.25, 0.3) is 0 Å². The van der Waals surface area contributed by atoms with Gasteiger partial charge in [0.05, 0.1) is 24.2 Å². The number of nitrogens with zero attached hydrogens (tertiary/aromatic N) is 1. The first-order chi connectivity index (χ1) is 6.70. The zero-order chi connectivity index (χ0) is 10.2. The molecule has 0 amide bonds. The van der Waals surface area contributed by atoms with E-state index in [1.807, 2.05) is 0 Å². The predicted molar refractivity (Wildman–Crippen MR) is 51.2 cm³/mol. The van der Waals surface area contributed by atoms with Crippen LogP contribution in [-0.4, -0.2) is 22.9 Å². The van der Waals surface area contributed by atoms with Gasteiger partial charge in [-0.15, -0.1) is 0 Å². The number of aliphatic hydroxyl groups is 2. The standard InChI is InChI=1S/C11H17NO2/c12-7-11(5-10(14)6-13)4-8-1-2-9(11)3-8/h8-10,13-14H,1-6H2. The predicted octanol–water partition coefficient (Wildman–Crippen LogP) is 1.06. The minimum atomic E-state index is -0.714. The van der Waals surface area contributed by atoms with Gasteiger partial charge in [-0.05, 0) is 37.5 Å². The molecule has 2 fully saturated rings. The van der Waals surface area contributed by atoms with Gasteiger partial charge in [-0.1, -0.05) is 6.42 Å². The van der Waals surface area contributed by atoms with Crippen LogP contribution in [0.1, 0.15) is 32.1 Å². The van der Waals surface area contributed by atoms with E-state index in [-0.39, 0.29) is 12.0 Å². The molecule has 2 saturated carbocycles. The monoisotopic (exact) mass is 195 g/mol. The number of hydrogen-bond donors (Lipinski definition) is 2. The van der Waals surface area contributed by atoms with E-state index in [9.17, 15) is 10.4 Å². The van der Waals surface area contributed by atoms with Crippen molar-refractivity contribution in [3.63, 3.8) is 0 Å². The number of nitriles is 1. The normalized spacial score (nSPS) is 42.4. The molecule has 2 bridgehead atoms. The highest BCUT2D eigenvalue weighted by Gasteiger charge is 2.51. The summed E-state index contributed by atoms with van der Waals surface area (Å²) >= 11 is 0. The van der Waals surface area contributed by atoms with Gasteiger partial charge in [0, 0.05) is 0 Å². The summed E-state index contributed by atoms with van der Waals surface area (Å²) in [7, 11) is 0. The van der Waals surface area contributed by atoms with Gasteiger partial charge in [-0.3, -0.25) is 0 Å². The van der Waals surface area contributed by atoms with E-state index in [0.717, 1.165) is 19.3 Å². The minimum Gasteiger partial charge on any atom is -0.394 e. The summed E-state index contributed by atoms with van der Waals surface area (Å²) in [6.45, 7) is -0.221. The Labute approximate surface area is 84.4 Å². The van der Waals surface area contributed by atoms with Crippen LogP contribution in [0.15, 0.2) is 0 Å². The molecule has 14 heavy (non-hydrogen) atoms. The number of aliphatic hydroxyl groups excluding tert-OH is 2. The van der Waals surface area contributed by atoms with E-state index < -0.39 is 6.10 Å². The molecule has 2 aliphatic carbocycles. The maximum absolute atomic E-state index is 9.44. The fourth-order valence-corrected chi connectivity index (χ4v) is 3.36. The van der Waals surface area contributed by atoms with Gasteiger partial charge < -0.3 is 10.2 Å². The summed E-state index contributed by atoms with van der Waals surface area (Å²) < 4.78 is 0. The maximum atomic E-state index is 9.44. The third-order valence-corrected chi connectivity index (χ3v) is 4.01. The Kier molecular flexibility index (Phi) is 2.50. The quantitative estimate of drug-likeness (QED) is 0.707. The van der Waals surface area contributed by atoms with Crippen molar-refractivity contribution in [1.82, 2.24) is 0 Å². The Morgan fingerprint density at radius 2 is 2.29 bits per heavy atom. The Hall–Kier alpha value is -0.590. The molecule has 0 aliphatic heterocycles. The van der Waals surface area contributed by atoms with Gasteiger partial charge in [-0.25, -0.2) is 0 Å². The fourth-order valence-electron chi connectivity index (χ4n) is 3.36. The zero-order valence-electron chi connectivity index (χ0n) is 8.32. The van der Waals surface area contributed by atoms with Crippen LogP contribution >= 0.6 is 0 Å². The van der Waals surface area contributed by atoms with Gasteiger partial charge in [-0.2, -0.15) is 5.26 Å². The summed E-state index contributed by atoms with van der Waals surface area (Å²) in [5.41, 5.74) is -0.328. The Bertz CT molecular complexity index is 261. The highest BCUT2D eigenvalue weighted by molar-refractivity contribution is 5.12. The molecule has 4 unspecified atom stereocenters.